The number of benzene rings is 2. The molecule has 3 heteroatoms. The van der Waals surface area contributed by atoms with E-state index < -0.39 is 0 Å². The van der Waals surface area contributed by atoms with Gasteiger partial charge in [-0.1, -0.05) is 48.9 Å². The molecule has 2 aromatic rings. The van der Waals surface area contributed by atoms with Crippen LogP contribution in [0.4, 0.5) is 4.39 Å². The van der Waals surface area contributed by atoms with Crippen molar-refractivity contribution in [1.82, 2.24) is 5.32 Å². The molecule has 0 saturated carbocycles. The standard InChI is InChI=1S/C17H19ClFN/c1-3-13-6-4-5-7-15(13)11-20-12(2)14-8-9-17(19)16(18)10-14/h4-10,12,20H,3,11H2,1-2H3. The van der Waals surface area contributed by atoms with E-state index in [1.165, 1.54) is 17.2 Å². The topological polar surface area (TPSA) is 12.0 Å². The zero-order valence-electron chi connectivity index (χ0n) is 11.8. The highest BCUT2D eigenvalue weighted by molar-refractivity contribution is 6.30. The van der Waals surface area contributed by atoms with E-state index in [9.17, 15) is 4.39 Å². The van der Waals surface area contributed by atoms with Gasteiger partial charge >= 0.3 is 0 Å². The summed E-state index contributed by atoms with van der Waals surface area (Å²) in [7, 11) is 0. The molecular weight excluding hydrogens is 273 g/mol. The summed E-state index contributed by atoms with van der Waals surface area (Å²) in [5.41, 5.74) is 3.64. The van der Waals surface area contributed by atoms with Gasteiger partial charge in [-0.2, -0.15) is 0 Å². The molecule has 2 rings (SSSR count). The first-order valence-electron chi connectivity index (χ1n) is 6.87. The first kappa shape index (κ1) is 15.0. The van der Waals surface area contributed by atoms with E-state index in [0.29, 0.717) is 0 Å². The van der Waals surface area contributed by atoms with Crippen LogP contribution in [0.2, 0.25) is 5.02 Å². The molecular formula is C17H19ClFN. The maximum atomic E-state index is 13.2. The number of halogens is 2. The van der Waals surface area contributed by atoms with Gasteiger partial charge in [-0.25, -0.2) is 4.39 Å². The third-order valence-corrected chi connectivity index (χ3v) is 3.83. The van der Waals surface area contributed by atoms with E-state index in [1.807, 2.05) is 0 Å². The quantitative estimate of drug-likeness (QED) is 0.827. The van der Waals surface area contributed by atoms with Crippen LogP contribution in [0.5, 0.6) is 0 Å². The lowest BCUT2D eigenvalue weighted by Crippen LogP contribution is -2.19. The fraction of sp³-hybridized carbons (Fsp3) is 0.294. The second kappa shape index (κ2) is 6.87. The normalized spacial score (nSPS) is 12.4. The average Bonchev–Trinajstić information content (AvgIpc) is 2.47. The number of aryl methyl sites for hydroxylation is 1. The van der Waals surface area contributed by atoms with Crippen LogP contribution in [0.3, 0.4) is 0 Å². The molecule has 0 aromatic heterocycles. The molecule has 1 unspecified atom stereocenters. The molecule has 0 heterocycles. The monoisotopic (exact) mass is 291 g/mol. The first-order valence-corrected chi connectivity index (χ1v) is 7.24. The molecule has 1 N–H and O–H groups in total. The summed E-state index contributed by atoms with van der Waals surface area (Å²) >= 11 is 5.82. The van der Waals surface area contributed by atoms with E-state index >= 15 is 0 Å². The van der Waals surface area contributed by atoms with Gasteiger partial charge in [0.1, 0.15) is 5.82 Å². The predicted molar refractivity (Wildman–Crippen MR) is 82.5 cm³/mol. The highest BCUT2D eigenvalue weighted by Gasteiger charge is 2.08. The minimum atomic E-state index is -0.376. The minimum Gasteiger partial charge on any atom is -0.306 e. The van der Waals surface area contributed by atoms with Gasteiger partial charge in [0.2, 0.25) is 0 Å². The Morgan fingerprint density at radius 3 is 2.50 bits per heavy atom. The molecule has 0 aliphatic rings. The van der Waals surface area contributed by atoms with Crippen molar-refractivity contribution in [2.24, 2.45) is 0 Å². The van der Waals surface area contributed by atoms with Crippen LogP contribution in [0, 0.1) is 5.82 Å². The highest BCUT2D eigenvalue weighted by Crippen LogP contribution is 2.21. The fourth-order valence-corrected chi connectivity index (χ4v) is 2.43. The number of hydrogen-bond donors (Lipinski definition) is 1. The van der Waals surface area contributed by atoms with Crippen molar-refractivity contribution in [2.75, 3.05) is 0 Å². The molecule has 0 saturated heterocycles. The van der Waals surface area contributed by atoms with Gasteiger partial charge in [0.25, 0.3) is 0 Å². The van der Waals surface area contributed by atoms with E-state index in [0.717, 1.165) is 18.5 Å². The van der Waals surface area contributed by atoms with Gasteiger partial charge < -0.3 is 5.32 Å². The van der Waals surface area contributed by atoms with E-state index in [1.54, 1.807) is 12.1 Å². The molecule has 0 fully saturated rings. The molecule has 0 bridgehead atoms. The van der Waals surface area contributed by atoms with Gasteiger partial charge in [0.15, 0.2) is 0 Å². The lowest BCUT2D eigenvalue weighted by atomic mass is 10.0. The van der Waals surface area contributed by atoms with Crippen molar-refractivity contribution in [3.8, 4) is 0 Å². The van der Waals surface area contributed by atoms with Crippen LogP contribution in [0.1, 0.15) is 36.6 Å². The zero-order chi connectivity index (χ0) is 14.5. The molecule has 0 amide bonds. The van der Waals surface area contributed by atoms with Gasteiger partial charge in [-0.15, -0.1) is 0 Å². The molecule has 106 valence electrons. The molecule has 1 nitrogen and oxygen atoms in total. The van der Waals surface area contributed by atoms with Crippen LogP contribution >= 0.6 is 11.6 Å². The maximum Gasteiger partial charge on any atom is 0.141 e. The Morgan fingerprint density at radius 2 is 1.85 bits per heavy atom. The zero-order valence-corrected chi connectivity index (χ0v) is 12.5. The van der Waals surface area contributed by atoms with Crippen molar-refractivity contribution >= 4 is 11.6 Å². The third-order valence-electron chi connectivity index (χ3n) is 3.54. The first-order chi connectivity index (χ1) is 9.61. The van der Waals surface area contributed by atoms with Crippen molar-refractivity contribution in [1.29, 1.82) is 0 Å². The van der Waals surface area contributed by atoms with Gasteiger partial charge in [0.05, 0.1) is 5.02 Å². The Hall–Kier alpha value is -1.38. The molecule has 0 aliphatic carbocycles. The Kier molecular flexibility index (Phi) is 5.16. The Bertz CT molecular complexity index is 583. The van der Waals surface area contributed by atoms with Gasteiger partial charge in [-0.3, -0.25) is 0 Å². The second-order valence-electron chi connectivity index (χ2n) is 4.90. The largest absolute Gasteiger partial charge is 0.306 e. The summed E-state index contributed by atoms with van der Waals surface area (Å²) in [5.74, 6) is -0.376. The fourth-order valence-electron chi connectivity index (χ4n) is 2.24. The molecule has 0 spiro atoms. The molecule has 20 heavy (non-hydrogen) atoms. The second-order valence-corrected chi connectivity index (χ2v) is 5.31. The molecule has 1 atom stereocenters. The lowest BCUT2D eigenvalue weighted by Gasteiger charge is -2.16. The summed E-state index contributed by atoms with van der Waals surface area (Å²) < 4.78 is 13.2. The van der Waals surface area contributed by atoms with Crippen LogP contribution in [-0.2, 0) is 13.0 Å². The predicted octanol–water partition coefficient (Wildman–Crippen LogP) is 4.89. The van der Waals surface area contributed by atoms with E-state index in [2.05, 4.69) is 43.4 Å². The van der Waals surface area contributed by atoms with Crippen molar-refractivity contribution in [2.45, 2.75) is 32.9 Å². The lowest BCUT2D eigenvalue weighted by molar-refractivity contribution is 0.569. The van der Waals surface area contributed by atoms with Crippen molar-refractivity contribution in [3.63, 3.8) is 0 Å². The van der Waals surface area contributed by atoms with Crippen LogP contribution in [0.15, 0.2) is 42.5 Å². The Morgan fingerprint density at radius 1 is 1.15 bits per heavy atom. The summed E-state index contributed by atoms with van der Waals surface area (Å²) in [6, 6.07) is 13.4. The van der Waals surface area contributed by atoms with E-state index in [4.69, 9.17) is 11.6 Å². The van der Waals surface area contributed by atoms with Crippen LogP contribution < -0.4 is 5.32 Å². The summed E-state index contributed by atoms with van der Waals surface area (Å²) in [4.78, 5) is 0. The molecule has 0 radical (unpaired) electrons. The molecule has 2 aromatic carbocycles. The Balaban J connectivity index is 2.04. The van der Waals surface area contributed by atoms with Gasteiger partial charge in [-0.05, 0) is 42.2 Å². The summed E-state index contributed by atoms with van der Waals surface area (Å²) in [6.45, 7) is 5.00. The van der Waals surface area contributed by atoms with Crippen LogP contribution in [0.25, 0.3) is 0 Å². The van der Waals surface area contributed by atoms with Crippen LogP contribution in [-0.4, -0.2) is 0 Å². The smallest absolute Gasteiger partial charge is 0.141 e. The number of hydrogen-bond acceptors (Lipinski definition) is 1. The number of nitrogens with one attached hydrogen (secondary N) is 1. The average molecular weight is 292 g/mol. The highest BCUT2D eigenvalue weighted by atomic mass is 35.5. The van der Waals surface area contributed by atoms with Gasteiger partial charge in [0, 0.05) is 12.6 Å². The van der Waals surface area contributed by atoms with Crippen molar-refractivity contribution in [3.05, 3.63) is 70.0 Å². The summed E-state index contributed by atoms with van der Waals surface area (Å²) in [5, 5.41) is 3.63. The third kappa shape index (κ3) is 3.59. The van der Waals surface area contributed by atoms with Crippen molar-refractivity contribution < 1.29 is 4.39 Å². The molecule has 0 aliphatic heterocycles. The van der Waals surface area contributed by atoms with E-state index in [-0.39, 0.29) is 16.9 Å². The minimum absolute atomic E-state index is 0.123. The maximum absolute atomic E-state index is 13.2. The Labute approximate surface area is 124 Å². The number of rotatable bonds is 5. The SMILES string of the molecule is CCc1ccccc1CNC(C)c1ccc(F)c(Cl)c1. The summed E-state index contributed by atoms with van der Waals surface area (Å²) in [6.07, 6.45) is 1.02.